The summed E-state index contributed by atoms with van der Waals surface area (Å²) in [5.74, 6) is 4.88. The number of phenols is 1. The molecule has 7 aromatic carbocycles. The van der Waals surface area contributed by atoms with Crippen molar-refractivity contribution in [3.05, 3.63) is 204 Å². The van der Waals surface area contributed by atoms with E-state index < -0.39 is 11.9 Å². The van der Waals surface area contributed by atoms with Crippen LogP contribution in [-0.4, -0.2) is 67.7 Å². The van der Waals surface area contributed by atoms with Gasteiger partial charge >= 0.3 is 11.9 Å². The monoisotopic (exact) mass is 1150 g/mol. The van der Waals surface area contributed by atoms with Gasteiger partial charge in [-0.05, 0) is 103 Å². The summed E-state index contributed by atoms with van der Waals surface area (Å²) in [6, 6.07) is 43.0. The number of hydrogen-bond donors (Lipinski definition) is 1. The van der Waals surface area contributed by atoms with Crippen molar-refractivity contribution in [2.75, 3.05) is 40.6 Å². The van der Waals surface area contributed by atoms with E-state index in [-0.39, 0.29) is 5.75 Å². The fourth-order valence-electron chi connectivity index (χ4n) is 9.29. The first kappa shape index (κ1) is 61.4. The van der Waals surface area contributed by atoms with Crippen LogP contribution in [0.15, 0.2) is 174 Å². The molecule has 0 unspecified atom stereocenters. The van der Waals surface area contributed by atoms with Crippen molar-refractivity contribution in [3.63, 3.8) is 0 Å². The van der Waals surface area contributed by atoms with Gasteiger partial charge in [0, 0.05) is 47.2 Å². The number of phenolic OH excluding ortho intramolecular Hbond substituents is 1. The summed E-state index contributed by atoms with van der Waals surface area (Å²) in [7, 11) is 2.70. The number of hydrogen-bond acceptors (Lipinski definition) is 16. The molecule has 2 heterocycles. The number of aromatic nitrogens is 2. The highest BCUT2D eigenvalue weighted by atomic mass is 16.5. The van der Waals surface area contributed by atoms with Gasteiger partial charge in [-0.15, -0.1) is 0 Å². The minimum Gasteiger partial charge on any atom is -0.507 e. The predicted octanol–water partition coefficient (Wildman–Crippen LogP) is 15.9. The minimum atomic E-state index is -0.456. The summed E-state index contributed by atoms with van der Waals surface area (Å²) in [4.78, 5) is 32.9. The number of aromatic hydroxyl groups is 1. The van der Waals surface area contributed by atoms with E-state index in [4.69, 9.17) is 51.5 Å². The Hall–Kier alpha value is -9.70. The van der Waals surface area contributed by atoms with E-state index in [2.05, 4.69) is 36.8 Å². The molecule has 0 aliphatic heterocycles. The molecular formula is C69H72N2O14. The number of ether oxygens (including phenoxy) is 9. The maximum Gasteiger partial charge on any atom is 0.341 e. The SMILES string of the molecule is CCCc1c(OCCCOc2cc(O)c(-c3cocn3)cc2CC)cccc1Oc1ccccc1C(=O)OC.CCCc1c(OCCCOc2cc(OCc3ccccc3)c(-c3cocn3)cc2CC)cccc1Oc1ccccc1C(=O)OC. The number of esters is 2. The number of oxazole rings is 2. The fourth-order valence-corrected chi connectivity index (χ4v) is 9.29. The predicted molar refractivity (Wildman–Crippen MR) is 323 cm³/mol. The molecule has 442 valence electrons. The van der Waals surface area contributed by atoms with Crippen LogP contribution in [0.1, 0.15) is 102 Å². The summed E-state index contributed by atoms with van der Waals surface area (Å²) in [6.07, 6.45) is 12.0. The third kappa shape index (κ3) is 16.5. The molecule has 9 rings (SSSR count). The molecule has 0 aliphatic rings. The number of nitrogens with zero attached hydrogens (tertiary/aromatic N) is 2. The standard InChI is InChI=1S/C38H39NO7.C31H33NO7/c1-4-13-29-33(18-11-19-34(29)46-35-17-10-9-16-30(35)38(40)41-3)43-20-12-21-44-36-23-37(45-24-27-14-7-6-8-15-27)31(22-28(36)5-2)32-25-42-26-39-32;1-4-10-22-27(13-8-14-28(22)39-29-12-7-6-11-23(29)31(34)35-3)37-15-9-16-38-30-18-26(33)24(17-21(30)5-2)25-19-36-20-32-25/h6-11,14-19,22-23,25-26H,4-5,12-13,20-21,24H2,1-3H3;6-8,11-14,17-20,33H,4-5,9-10,15-16H2,1-3H3. The Morgan fingerprint density at radius 2 is 0.894 bits per heavy atom. The van der Waals surface area contributed by atoms with Gasteiger partial charge < -0.3 is 56.6 Å². The summed E-state index contributed by atoms with van der Waals surface area (Å²) < 4.78 is 63.5. The number of aryl methyl sites for hydroxylation is 2. The Morgan fingerprint density at radius 3 is 1.36 bits per heavy atom. The number of para-hydroxylation sites is 2. The molecular weight excluding hydrogens is 1080 g/mol. The zero-order valence-corrected chi connectivity index (χ0v) is 48.9. The minimum absolute atomic E-state index is 0.0853. The number of benzene rings is 7. The van der Waals surface area contributed by atoms with E-state index >= 15 is 0 Å². The highest BCUT2D eigenvalue weighted by Crippen LogP contribution is 2.40. The Morgan fingerprint density at radius 1 is 0.459 bits per heavy atom. The maximum absolute atomic E-state index is 12.3. The van der Waals surface area contributed by atoms with Crippen molar-refractivity contribution in [2.45, 2.75) is 85.7 Å². The molecule has 0 radical (unpaired) electrons. The lowest BCUT2D eigenvalue weighted by molar-refractivity contribution is 0.0588. The van der Waals surface area contributed by atoms with Crippen molar-refractivity contribution in [1.82, 2.24) is 9.97 Å². The van der Waals surface area contributed by atoms with Crippen LogP contribution in [-0.2, 0) is 41.8 Å². The molecule has 16 heteroatoms. The summed E-state index contributed by atoms with van der Waals surface area (Å²) in [5, 5.41) is 10.5. The normalized spacial score (nSPS) is 10.8. The van der Waals surface area contributed by atoms with Crippen LogP contribution in [0, 0.1) is 0 Å². The topological polar surface area (TPSA) is 190 Å². The average molecular weight is 1150 g/mol. The highest BCUT2D eigenvalue weighted by Gasteiger charge is 2.21. The Bertz CT molecular complexity index is 3550. The highest BCUT2D eigenvalue weighted by molar-refractivity contribution is 5.93. The van der Waals surface area contributed by atoms with Crippen LogP contribution >= 0.6 is 0 Å². The lowest BCUT2D eigenvalue weighted by Gasteiger charge is -2.18. The maximum atomic E-state index is 12.3. The van der Waals surface area contributed by atoms with Crippen molar-refractivity contribution in [1.29, 1.82) is 0 Å². The van der Waals surface area contributed by atoms with Crippen molar-refractivity contribution in [2.24, 2.45) is 0 Å². The van der Waals surface area contributed by atoms with E-state index in [0.717, 1.165) is 89.2 Å². The molecule has 0 spiro atoms. The first-order chi connectivity index (χ1) is 41.7. The Labute approximate surface area is 496 Å². The molecule has 16 nitrogen and oxygen atoms in total. The molecule has 85 heavy (non-hydrogen) atoms. The van der Waals surface area contributed by atoms with Crippen LogP contribution in [0.2, 0.25) is 0 Å². The Kier molecular flexibility index (Phi) is 22.9. The van der Waals surface area contributed by atoms with Gasteiger partial charge in [-0.2, -0.15) is 0 Å². The molecule has 0 fully saturated rings. The van der Waals surface area contributed by atoms with E-state index in [0.29, 0.717) is 108 Å². The second kappa shape index (κ2) is 31.7. The van der Waals surface area contributed by atoms with Gasteiger partial charge in [-0.1, -0.05) is 107 Å². The lowest BCUT2D eigenvalue weighted by Crippen LogP contribution is -2.08. The molecule has 9 aromatic rings. The van der Waals surface area contributed by atoms with Crippen LogP contribution in [0.3, 0.4) is 0 Å². The summed E-state index contributed by atoms with van der Waals surface area (Å²) >= 11 is 0. The van der Waals surface area contributed by atoms with Gasteiger partial charge in [-0.25, -0.2) is 19.6 Å². The second-order valence-electron chi connectivity index (χ2n) is 19.4. The summed E-state index contributed by atoms with van der Waals surface area (Å²) in [6.45, 7) is 10.5. The van der Waals surface area contributed by atoms with E-state index in [9.17, 15) is 14.7 Å². The zero-order valence-electron chi connectivity index (χ0n) is 48.9. The fraction of sp³-hybridized carbons (Fsp3) is 0.275. The number of carbonyl (C=O) groups is 2. The van der Waals surface area contributed by atoms with Gasteiger partial charge in [-0.3, -0.25) is 0 Å². The zero-order chi connectivity index (χ0) is 59.8. The van der Waals surface area contributed by atoms with E-state index in [1.54, 1.807) is 48.7 Å². The average Bonchev–Trinajstić information content (AvgIpc) is 4.42. The first-order valence-electron chi connectivity index (χ1n) is 28.6. The van der Waals surface area contributed by atoms with Crippen LogP contribution in [0.4, 0.5) is 0 Å². The molecule has 0 saturated heterocycles. The van der Waals surface area contributed by atoms with Gasteiger partial charge in [0.25, 0.3) is 0 Å². The van der Waals surface area contributed by atoms with Gasteiger partial charge in [0.15, 0.2) is 12.8 Å². The van der Waals surface area contributed by atoms with Crippen LogP contribution in [0.5, 0.6) is 57.5 Å². The van der Waals surface area contributed by atoms with E-state index in [1.165, 1.54) is 33.3 Å². The largest absolute Gasteiger partial charge is 0.507 e. The molecule has 0 amide bonds. The number of carbonyl (C=O) groups excluding carboxylic acids is 2. The van der Waals surface area contributed by atoms with Crippen LogP contribution in [0.25, 0.3) is 22.5 Å². The lowest BCUT2D eigenvalue weighted by atomic mass is 10.0. The van der Waals surface area contributed by atoms with Gasteiger partial charge in [0.1, 0.15) is 99.1 Å². The molecule has 0 bridgehead atoms. The van der Waals surface area contributed by atoms with Crippen molar-refractivity contribution < 1.29 is 66.2 Å². The van der Waals surface area contributed by atoms with Crippen LogP contribution < -0.4 is 33.2 Å². The van der Waals surface area contributed by atoms with E-state index in [1.807, 2.05) is 97.9 Å². The van der Waals surface area contributed by atoms with Crippen molar-refractivity contribution >= 4 is 11.9 Å². The Balaban J connectivity index is 0.000000224. The van der Waals surface area contributed by atoms with Crippen molar-refractivity contribution in [3.8, 4) is 80.0 Å². The first-order valence-corrected chi connectivity index (χ1v) is 28.6. The third-order valence-corrected chi connectivity index (χ3v) is 13.6. The molecule has 0 saturated carbocycles. The van der Waals surface area contributed by atoms with Gasteiger partial charge in [0.2, 0.25) is 0 Å². The second-order valence-corrected chi connectivity index (χ2v) is 19.4. The smallest absolute Gasteiger partial charge is 0.341 e. The summed E-state index contributed by atoms with van der Waals surface area (Å²) in [5.41, 5.74) is 8.44. The number of methoxy groups -OCH3 is 2. The molecule has 1 N–H and O–H groups in total. The number of rotatable bonds is 29. The van der Waals surface area contributed by atoms with Gasteiger partial charge in [0.05, 0.1) is 40.6 Å². The molecule has 0 aliphatic carbocycles. The molecule has 0 atom stereocenters. The third-order valence-electron chi connectivity index (χ3n) is 13.6. The molecule has 2 aromatic heterocycles. The quantitative estimate of drug-likeness (QED) is 0.0344.